The van der Waals surface area contributed by atoms with Gasteiger partial charge in [-0.1, -0.05) is 18.2 Å². The highest BCUT2D eigenvalue weighted by molar-refractivity contribution is 5.29. The van der Waals surface area contributed by atoms with Crippen LogP contribution in [0.4, 0.5) is 22.0 Å². The van der Waals surface area contributed by atoms with E-state index in [2.05, 4.69) is 6.08 Å². The Morgan fingerprint density at radius 2 is 1.78 bits per heavy atom. The third-order valence-corrected chi connectivity index (χ3v) is 4.45. The second kappa shape index (κ2) is 7.93. The van der Waals surface area contributed by atoms with Crippen LogP contribution in [0, 0.1) is 11.7 Å². The lowest BCUT2D eigenvalue weighted by Gasteiger charge is -2.27. The molecule has 0 nitrogen and oxygen atoms in total. The average Bonchev–Trinajstić information content (AvgIpc) is 2.51. The van der Waals surface area contributed by atoms with Gasteiger partial charge < -0.3 is 0 Å². The Labute approximate surface area is 133 Å². The van der Waals surface area contributed by atoms with Crippen molar-refractivity contribution >= 4 is 0 Å². The molecule has 0 heterocycles. The zero-order valence-electron chi connectivity index (χ0n) is 12.9. The Bertz CT molecular complexity index is 525. The quantitative estimate of drug-likeness (QED) is 0.331. The van der Waals surface area contributed by atoms with Crippen LogP contribution in [0.2, 0.25) is 0 Å². The maximum absolute atomic E-state index is 13.7. The van der Waals surface area contributed by atoms with Crippen molar-refractivity contribution in [3.8, 4) is 0 Å². The summed E-state index contributed by atoms with van der Waals surface area (Å²) >= 11 is 0. The van der Waals surface area contributed by atoms with Crippen LogP contribution >= 0.6 is 0 Å². The summed E-state index contributed by atoms with van der Waals surface area (Å²) in [5.41, 5.74) is -0.555. The summed E-state index contributed by atoms with van der Waals surface area (Å²) in [5.74, 6) is -0.643. The standard InChI is InChI=1S/C18H21F5/c19-11-3-1-2-4-13-5-7-14(8-6-13)15-9-10-16(17(20)12-15)18(21,22)23/h2,4,9-10,12-14H,1,3,5-8,11H2. The number of halogens is 5. The van der Waals surface area contributed by atoms with Crippen LogP contribution in [-0.2, 0) is 6.18 Å². The molecule has 0 atom stereocenters. The Kier molecular flexibility index (Phi) is 6.19. The highest BCUT2D eigenvalue weighted by Crippen LogP contribution is 2.38. The number of allylic oxidation sites excluding steroid dienone is 2. The lowest BCUT2D eigenvalue weighted by atomic mass is 9.78. The maximum Gasteiger partial charge on any atom is 0.419 e. The number of benzene rings is 1. The molecule has 0 unspecified atom stereocenters. The monoisotopic (exact) mass is 332 g/mol. The normalized spacial score (nSPS) is 22.7. The summed E-state index contributed by atoms with van der Waals surface area (Å²) in [5, 5.41) is 0. The minimum atomic E-state index is -4.65. The van der Waals surface area contributed by atoms with E-state index in [0.717, 1.165) is 44.2 Å². The van der Waals surface area contributed by atoms with Crippen molar-refractivity contribution < 1.29 is 22.0 Å². The summed E-state index contributed by atoms with van der Waals surface area (Å²) in [7, 11) is 0. The van der Waals surface area contributed by atoms with E-state index in [1.165, 1.54) is 6.07 Å². The first kappa shape index (κ1) is 18.0. The molecule has 0 amide bonds. The molecule has 0 aromatic heterocycles. The minimum absolute atomic E-state index is 0.113. The van der Waals surface area contributed by atoms with Gasteiger partial charge in [0.15, 0.2) is 0 Å². The van der Waals surface area contributed by atoms with Crippen LogP contribution in [0.1, 0.15) is 55.6 Å². The van der Waals surface area contributed by atoms with Crippen molar-refractivity contribution in [2.24, 2.45) is 5.92 Å². The van der Waals surface area contributed by atoms with Crippen molar-refractivity contribution in [1.29, 1.82) is 0 Å². The molecule has 1 aromatic carbocycles. The molecule has 2 rings (SSSR count). The summed E-state index contributed by atoms with van der Waals surface area (Å²) in [6, 6.07) is 3.27. The van der Waals surface area contributed by atoms with E-state index >= 15 is 0 Å². The lowest BCUT2D eigenvalue weighted by molar-refractivity contribution is -0.140. The summed E-state index contributed by atoms with van der Waals surface area (Å²) in [6.45, 7) is -0.309. The van der Waals surface area contributed by atoms with E-state index in [1.807, 2.05) is 6.08 Å². The topological polar surface area (TPSA) is 0 Å². The van der Waals surface area contributed by atoms with Gasteiger partial charge in [-0.05, 0) is 68.1 Å². The molecule has 1 aliphatic rings. The van der Waals surface area contributed by atoms with Crippen molar-refractivity contribution in [3.63, 3.8) is 0 Å². The van der Waals surface area contributed by atoms with Crippen LogP contribution < -0.4 is 0 Å². The van der Waals surface area contributed by atoms with E-state index in [4.69, 9.17) is 0 Å². The largest absolute Gasteiger partial charge is 0.419 e. The maximum atomic E-state index is 13.7. The van der Waals surface area contributed by atoms with Gasteiger partial charge in [-0.3, -0.25) is 4.39 Å². The zero-order valence-corrected chi connectivity index (χ0v) is 12.9. The fourth-order valence-electron chi connectivity index (χ4n) is 3.14. The van der Waals surface area contributed by atoms with Gasteiger partial charge in [0.2, 0.25) is 0 Å². The van der Waals surface area contributed by atoms with Gasteiger partial charge >= 0.3 is 6.18 Å². The average molecular weight is 332 g/mol. The molecule has 1 aromatic rings. The SMILES string of the molecule is FCCCC=CC1CCC(c2ccc(C(F)(F)F)c(F)c2)CC1. The van der Waals surface area contributed by atoms with E-state index in [0.29, 0.717) is 17.9 Å². The molecule has 128 valence electrons. The molecule has 0 spiro atoms. The smallest absolute Gasteiger partial charge is 0.251 e. The highest BCUT2D eigenvalue weighted by Gasteiger charge is 2.34. The summed E-state index contributed by atoms with van der Waals surface area (Å²) < 4.78 is 63.4. The van der Waals surface area contributed by atoms with Gasteiger partial charge in [0, 0.05) is 0 Å². The number of hydrogen-bond acceptors (Lipinski definition) is 0. The van der Waals surface area contributed by atoms with Crippen molar-refractivity contribution in [2.75, 3.05) is 6.67 Å². The van der Waals surface area contributed by atoms with Crippen molar-refractivity contribution in [2.45, 2.75) is 50.6 Å². The molecule has 0 bridgehead atoms. The number of unbranched alkanes of at least 4 members (excludes halogenated alkanes) is 1. The van der Waals surface area contributed by atoms with Crippen molar-refractivity contribution in [1.82, 2.24) is 0 Å². The molecule has 0 saturated heterocycles. The van der Waals surface area contributed by atoms with E-state index in [9.17, 15) is 22.0 Å². The molecule has 5 heteroatoms. The van der Waals surface area contributed by atoms with Crippen LogP contribution in [-0.4, -0.2) is 6.67 Å². The van der Waals surface area contributed by atoms with Gasteiger partial charge in [-0.15, -0.1) is 0 Å². The highest BCUT2D eigenvalue weighted by atomic mass is 19.4. The molecule has 23 heavy (non-hydrogen) atoms. The number of rotatable bonds is 5. The Morgan fingerprint density at radius 1 is 1.09 bits per heavy atom. The lowest BCUT2D eigenvalue weighted by Crippen LogP contribution is -2.13. The molecule has 0 aliphatic heterocycles. The van der Waals surface area contributed by atoms with Gasteiger partial charge in [0.1, 0.15) is 5.82 Å². The molecule has 1 saturated carbocycles. The molecule has 0 N–H and O–H groups in total. The molecule has 1 fully saturated rings. The van der Waals surface area contributed by atoms with Crippen LogP contribution in [0.15, 0.2) is 30.4 Å². The molecule has 0 radical (unpaired) electrons. The fourth-order valence-corrected chi connectivity index (χ4v) is 3.14. The second-order valence-corrected chi connectivity index (χ2v) is 6.11. The molecular formula is C18H21F5. The first-order chi connectivity index (χ1) is 10.9. The first-order valence-electron chi connectivity index (χ1n) is 8.01. The predicted octanol–water partition coefficient (Wildman–Crippen LogP) is 6.42. The van der Waals surface area contributed by atoms with Crippen LogP contribution in [0.5, 0.6) is 0 Å². The van der Waals surface area contributed by atoms with Gasteiger partial charge in [0.05, 0.1) is 12.2 Å². The Morgan fingerprint density at radius 3 is 2.35 bits per heavy atom. The summed E-state index contributed by atoms with van der Waals surface area (Å²) in [6.07, 6.45) is 4.27. The molecular weight excluding hydrogens is 311 g/mol. The van der Waals surface area contributed by atoms with Gasteiger partial charge in [0.25, 0.3) is 0 Å². The Hall–Kier alpha value is -1.39. The van der Waals surface area contributed by atoms with Crippen molar-refractivity contribution in [3.05, 3.63) is 47.3 Å². The van der Waals surface area contributed by atoms with Gasteiger partial charge in [-0.25, -0.2) is 4.39 Å². The fraction of sp³-hybridized carbons (Fsp3) is 0.556. The first-order valence-corrected chi connectivity index (χ1v) is 8.01. The van der Waals surface area contributed by atoms with E-state index in [1.54, 1.807) is 0 Å². The van der Waals surface area contributed by atoms with Crippen LogP contribution in [0.3, 0.4) is 0 Å². The number of hydrogen-bond donors (Lipinski definition) is 0. The van der Waals surface area contributed by atoms with Crippen LogP contribution in [0.25, 0.3) is 0 Å². The molecule has 1 aliphatic carbocycles. The minimum Gasteiger partial charge on any atom is -0.251 e. The number of alkyl halides is 4. The van der Waals surface area contributed by atoms with Gasteiger partial charge in [-0.2, -0.15) is 13.2 Å². The van der Waals surface area contributed by atoms with E-state index < -0.39 is 17.6 Å². The second-order valence-electron chi connectivity index (χ2n) is 6.11. The Balaban J connectivity index is 1.93. The third kappa shape index (κ3) is 5.05. The zero-order chi connectivity index (χ0) is 16.9. The predicted molar refractivity (Wildman–Crippen MR) is 80.5 cm³/mol. The third-order valence-electron chi connectivity index (χ3n) is 4.45. The van der Waals surface area contributed by atoms with E-state index in [-0.39, 0.29) is 12.6 Å². The summed E-state index contributed by atoms with van der Waals surface area (Å²) in [4.78, 5) is 0.